The molecule has 124 valence electrons. The number of rotatable bonds is 3. The Labute approximate surface area is 143 Å². The van der Waals surface area contributed by atoms with Crippen LogP contribution < -0.4 is 9.81 Å². The summed E-state index contributed by atoms with van der Waals surface area (Å²) in [5.41, 5.74) is -0.250. The van der Waals surface area contributed by atoms with Crippen molar-refractivity contribution in [2.45, 2.75) is 4.90 Å². The molecule has 0 radical (unpaired) electrons. The van der Waals surface area contributed by atoms with Crippen LogP contribution in [0.4, 0.5) is 0 Å². The summed E-state index contributed by atoms with van der Waals surface area (Å²) in [6.07, 6.45) is 0. The predicted octanol–water partition coefficient (Wildman–Crippen LogP) is 3.71. The Balaban J connectivity index is 1.80. The quantitative estimate of drug-likeness (QED) is 0.415. The summed E-state index contributed by atoms with van der Waals surface area (Å²) in [5, 5.41) is 2.06. The summed E-state index contributed by atoms with van der Waals surface area (Å²) < 4.78 is 35.7. The lowest BCUT2D eigenvalue weighted by atomic mass is 10.1. The Bertz CT molecular complexity index is 1250. The first-order chi connectivity index (χ1) is 12.0. The fraction of sp³-hybridized carbons (Fsp3) is 0. The molecule has 0 bridgehead atoms. The van der Waals surface area contributed by atoms with E-state index < -0.39 is 15.7 Å². The molecule has 1 aromatic heterocycles. The molecule has 6 heteroatoms. The Hall–Kier alpha value is -3.12. The van der Waals surface area contributed by atoms with Crippen LogP contribution in [-0.4, -0.2) is 8.42 Å². The van der Waals surface area contributed by atoms with Gasteiger partial charge in [-0.05, 0) is 29.7 Å². The van der Waals surface area contributed by atoms with Gasteiger partial charge in [-0.25, -0.2) is 4.79 Å². The normalized spacial score (nSPS) is 11.7. The van der Waals surface area contributed by atoms with Gasteiger partial charge < -0.3 is 8.60 Å². The van der Waals surface area contributed by atoms with E-state index in [0.29, 0.717) is 10.8 Å². The lowest BCUT2D eigenvalue weighted by Gasteiger charge is -2.10. The molecule has 0 atom stereocenters. The van der Waals surface area contributed by atoms with E-state index in [1.165, 1.54) is 24.3 Å². The summed E-state index contributed by atoms with van der Waals surface area (Å²) in [6.45, 7) is 0. The monoisotopic (exact) mass is 352 g/mol. The summed E-state index contributed by atoms with van der Waals surface area (Å²) in [6, 6.07) is 19.6. The zero-order valence-electron chi connectivity index (χ0n) is 12.9. The van der Waals surface area contributed by atoms with Crippen molar-refractivity contribution in [2.24, 2.45) is 0 Å². The third-order valence-electron chi connectivity index (χ3n) is 3.82. The second-order valence-electron chi connectivity index (χ2n) is 5.47. The Morgan fingerprint density at radius 3 is 2.44 bits per heavy atom. The first kappa shape index (κ1) is 15.4. The van der Waals surface area contributed by atoms with E-state index in [0.717, 1.165) is 5.39 Å². The molecule has 0 saturated heterocycles. The van der Waals surface area contributed by atoms with Crippen molar-refractivity contribution in [3.05, 3.63) is 83.2 Å². The van der Waals surface area contributed by atoms with Crippen molar-refractivity contribution in [2.75, 3.05) is 0 Å². The van der Waals surface area contributed by atoms with Crippen LogP contribution in [0.5, 0.6) is 5.75 Å². The first-order valence-corrected chi connectivity index (χ1v) is 8.90. The lowest BCUT2D eigenvalue weighted by Crippen LogP contribution is -2.10. The molecule has 5 nitrogen and oxygen atoms in total. The van der Waals surface area contributed by atoms with Gasteiger partial charge >= 0.3 is 15.7 Å². The van der Waals surface area contributed by atoms with Crippen LogP contribution in [0.2, 0.25) is 0 Å². The summed E-state index contributed by atoms with van der Waals surface area (Å²) in [7, 11) is -4.04. The minimum absolute atomic E-state index is 0.0785. The summed E-state index contributed by atoms with van der Waals surface area (Å²) in [5.74, 6) is 0.0785. The first-order valence-electron chi connectivity index (χ1n) is 7.49. The van der Waals surface area contributed by atoms with Crippen molar-refractivity contribution in [3.63, 3.8) is 0 Å². The van der Waals surface area contributed by atoms with Gasteiger partial charge in [-0.3, -0.25) is 0 Å². The second kappa shape index (κ2) is 5.75. The van der Waals surface area contributed by atoms with Crippen LogP contribution in [0.15, 0.2) is 86.9 Å². The van der Waals surface area contributed by atoms with E-state index in [9.17, 15) is 13.2 Å². The highest BCUT2D eigenvalue weighted by molar-refractivity contribution is 7.87. The molecule has 0 saturated carbocycles. The van der Waals surface area contributed by atoms with Crippen LogP contribution in [0, 0.1) is 0 Å². The van der Waals surface area contributed by atoms with Gasteiger partial charge in [-0.15, -0.1) is 0 Å². The zero-order valence-corrected chi connectivity index (χ0v) is 13.7. The van der Waals surface area contributed by atoms with Gasteiger partial charge in [0.2, 0.25) is 0 Å². The Kier molecular flexibility index (Phi) is 3.54. The van der Waals surface area contributed by atoms with Crippen molar-refractivity contribution in [1.82, 2.24) is 0 Å². The number of hydrogen-bond donors (Lipinski definition) is 0. The smallest absolute Gasteiger partial charge is 0.339 e. The molecular formula is C19H12O5S. The standard InChI is InChI=1S/C19H12O5S/c20-19-11-9-14-8-10-15(12-17(14)23-19)24-25(21,22)18-7-3-5-13-4-1-2-6-16(13)18/h1-12H. The zero-order chi connectivity index (χ0) is 17.4. The highest BCUT2D eigenvalue weighted by Gasteiger charge is 2.20. The van der Waals surface area contributed by atoms with Crippen LogP contribution >= 0.6 is 0 Å². The van der Waals surface area contributed by atoms with Gasteiger partial charge in [0.25, 0.3) is 0 Å². The van der Waals surface area contributed by atoms with Crippen LogP contribution in [0.3, 0.4) is 0 Å². The maximum absolute atomic E-state index is 12.7. The van der Waals surface area contributed by atoms with Crippen LogP contribution in [0.1, 0.15) is 0 Å². The van der Waals surface area contributed by atoms with Gasteiger partial charge in [0, 0.05) is 22.9 Å². The van der Waals surface area contributed by atoms with Gasteiger partial charge in [-0.1, -0.05) is 36.4 Å². The van der Waals surface area contributed by atoms with Crippen molar-refractivity contribution < 1.29 is 17.0 Å². The minimum atomic E-state index is -4.04. The highest BCUT2D eigenvalue weighted by atomic mass is 32.2. The van der Waals surface area contributed by atoms with E-state index in [1.54, 1.807) is 30.3 Å². The fourth-order valence-corrected chi connectivity index (χ4v) is 3.83. The summed E-state index contributed by atoms with van der Waals surface area (Å²) >= 11 is 0. The van der Waals surface area contributed by atoms with Gasteiger partial charge in [0.05, 0.1) is 0 Å². The van der Waals surface area contributed by atoms with Gasteiger partial charge in [0.15, 0.2) is 0 Å². The Morgan fingerprint density at radius 1 is 0.800 bits per heavy atom. The van der Waals surface area contributed by atoms with Crippen molar-refractivity contribution >= 4 is 31.9 Å². The third kappa shape index (κ3) is 2.88. The molecule has 0 unspecified atom stereocenters. The fourth-order valence-electron chi connectivity index (χ4n) is 2.68. The van der Waals surface area contributed by atoms with Crippen molar-refractivity contribution in [1.29, 1.82) is 0 Å². The molecule has 1 heterocycles. The predicted molar refractivity (Wildman–Crippen MR) is 94.2 cm³/mol. The second-order valence-corrected chi connectivity index (χ2v) is 6.98. The van der Waals surface area contributed by atoms with Crippen molar-refractivity contribution in [3.8, 4) is 5.75 Å². The lowest BCUT2D eigenvalue weighted by molar-refractivity contribution is 0.486. The molecule has 0 spiro atoms. The van der Waals surface area contributed by atoms with E-state index in [4.69, 9.17) is 8.60 Å². The van der Waals surface area contributed by atoms with Crippen LogP contribution in [-0.2, 0) is 10.1 Å². The van der Waals surface area contributed by atoms with E-state index in [1.807, 2.05) is 18.2 Å². The number of hydrogen-bond acceptors (Lipinski definition) is 5. The average Bonchev–Trinajstić information content (AvgIpc) is 2.60. The van der Waals surface area contributed by atoms with E-state index >= 15 is 0 Å². The third-order valence-corrected chi connectivity index (χ3v) is 5.13. The number of benzene rings is 3. The molecule has 0 fully saturated rings. The molecular weight excluding hydrogens is 340 g/mol. The maximum Gasteiger partial charge on any atom is 0.339 e. The van der Waals surface area contributed by atoms with Crippen LogP contribution in [0.25, 0.3) is 21.7 Å². The molecule has 0 aliphatic rings. The maximum atomic E-state index is 12.7. The molecule has 0 aliphatic heterocycles. The molecule has 0 amide bonds. The van der Waals surface area contributed by atoms with Gasteiger partial charge in [-0.2, -0.15) is 8.42 Å². The molecule has 0 aliphatic carbocycles. The molecule has 4 rings (SSSR count). The average molecular weight is 352 g/mol. The molecule has 0 N–H and O–H groups in total. The highest BCUT2D eigenvalue weighted by Crippen LogP contribution is 2.27. The SMILES string of the molecule is O=c1ccc2ccc(OS(=O)(=O)c3cccc4ccccc34)cc2o1. The van der Waals surface area contributed by atoms with Gasteiger partial charge in [0.1, 0.15) is 16.2 Å². The largest absolute Gasteiger partial charge is 0.423 e. The molecule has 25 heavy (non-hydrogen) atoms. The Morgan fingerprint density at radius 2 is 1.56 bits per heavy atom. The van der Waals surface area contributed by atoms with E-state index in [-0.39, 0.29) is 16.2 Å². The number of fused-ring (bicyclic) bond motifs is 2. The van der Waals surface area contributed by atoms with E-state index in [2.05, 4.69) is 0 Å². The molecule has 3 aromatic carbocycles. The molecule has 4 aromatic rings. The summed E-state index contributed by atoms with van der Waals surface area (Å²) in [4.78, 5) is 11.4. The minimum Gasteiger partial charge on any atom is -0.423 e. The topological polar surface area (TPSA) is 73.6 Å².